The lowest BCUT2D eigenvalue weighted by Gasteiger charge is -2.00. The maximum Gasteiger partial charge on any atom is 0.452 e. The number of carbonyl (C=O) groups is 1. The average molecular weight is 116 g/mol. The summed E-state index contributed by atoms with van der Waals surface area (Å²) in [5, 5.41) is 2.52. The second-order valence-corrected chi connectivity index (χ2v) is 1.54. The van der Waals surface area contributed by atoms with E-state index < -0.39 is 6.09 Å². The number of hydrogen-bond donors (Lipinski definition) is 1. The van der Waals surface area contributed by atoms with Gasteiger partial charge < -0.3 is 4.74 Å². The van der Waals surface area contributed by atoms with E-state index in [9.17, 15) is 4.79 Å². The van der Waals surface area contributed by atoms with Crippen LogP contribution in [0.25, 0.3) is 0 Å². The summed E-state index contributed by atoms with van der Waals surface area (Å²) in [7, 11) is 0. The summed E-state index contributed by atoms with van der Waals surface area (Å²) in [4.78, 5) is 10.0. The quantitative estimate of drug-likeness (QED) is 0.528. The molecular weight excluding hydrogens is 108 g/mol. The van der Waals surface area contributed by atoms with Gasteiger partial charge in [-0.25, -0.2) is 4.79 Å². The zero-order valence-corrected chi connectivity index (χ0v) is 4.84. The molecule has 0 saturated carbocycles. The maximum atomic E-state index is 10.0. The zero-order chi connectivity index (χ0) is 6.57. The van der Waals surface area contributed by atoms with Crippen molar-refractivity contribution in [3.63, 3.8) is 0 Å². The summed E-state index contributed by atoms with van der Waals surface area (Å²) in [5.74, 6) is 0. The number of ether oxygens (including phenoxy) is 1. The Morgan fingerprint density at radius 1 is 1.75 bits per heavy atom. The van der Waals surface area contributed by atoms with E-state index in [1.807, 2.05) is 0 Å². The van der Waals surface area contributed by atoms with Crippen LogP contribution in [0.15, 0.2) is 5.11 Å². The van der Waals surface area contributed by atoms with Crippen molar-refractivity contribution < 1.29 is 9.53 Å². The number of amides is 1. The van der Waals surface area contributed by atoms with Crippen LogP contribution in [0.1, 0.15) is 13.8 Å². The van der Waals surface area contributed by atoms with E-state index in [1.54, 1.807) is 13.8 Å². The van der Waals surface area contributed by atoms with E-state index in [4.69, 9.17) is 5.53 Å². The number of nitrogens with zero attached hydrogens (tertiary/aromatic N) is 1. The summed E-state index contributed by atoms with van der Waals surface area (Å²) in [6.07, 6.45) is -1.02. The number of carbonyl (C=O) groups excluding carboxylic acids is 1. The van der Waals surface area contributed by atoms with Crippen LogP contribution >= 0.6 is 0 Å². The molecule has 0 unspecified atom stereocenters. The Morgan fingerprint density at radius 2 is 2.25 bits per heavy atom. The molecule has 0 radical (unpaired) electrons. The van der Waals surface area contributed by atoms with Gasteiger partial charge in [0, 0.05) is 0 Å². The molecule has 4 heteroatoms. The Balaban J connectivity index is 3.39. The molecule has 1 N–H and O–H groups in total. The summed E-state index contributed by atoms with van der Waals surface area (Å²) < 4.78 is 4.41. The molecule has 46 valence electrons. The van der Waals surface area contributed by atoms with E-state index in [0.29, 0.717) is 0 Å². The zero-order valence-electron chi connectivity index (χ0n) is 4.84. The molecule has 1 amide bonds. The largest absolute Gasteiger partial charge is 0.452 e. The molecule has 0 atom stereocenters. The second-order valence-electron chi connectivity index (χ2n) is 1.54. The molecule has 0 bridgehead atoms. The van der Waals surface area contributed by atoms with Gasteiger partial charge in [-0.2, -0.15) is 5.53 Å². The lowest BCUT2D eigenvalue weighted by Crippen LogP contribution is -2.05. The van der Waals surface area contributed by atoms with Crippen LogP contribution in [-0.2, 0) is 4.74 Å². The highest BCUT2D eigenvalue weighted by Gasteiger charge is 1.99. The van der Waals surface area contributed by atoms with Crippen molar-refractivity contribution in [2.75, 3.05) is 0 Å². The Hall–Kier alpha value is -0.930. The van der Waals surface area contributed by atoms with Crippen molar-refractivity contribution >= 4 is 6.09 Å². The Morgan fingerprint density at radius 3 is 2.38 bits per heavy atom. The molecule has 0 spiro atoms. The highest BCUT2D eigenvalue weighted by atomic mass is 16.6. The maximum absolute atomic E-state index is 10.0. The van der Waals surface area contributed by atoms with Crippen molar-refractivity contribution in [1.82, 2.24) is 0 Å². The molecule has 0 saturated heterocycles. The monoisotopic (exact) mass is 116 g/mol. The van der Waals surface area contributed by atoms with Gasteiger partial charge >= 0.3 is 6.09 Å². The summed E-state index contributed by atoms with van der Waals surface area (Å²) in [6.45, 7) is 3.40. The van der Waals surface area contributed by atoms with Crippen LogP contribution in [0.4, 0.5) is 4.79 Å². The lowest BCUT2D eigenvalue weighted by molar-refractivity contribution is 0.123. The van der Waals surface area contributed by atoms with Crippen LogP contribution in [0.2, 0.25) is 0 Å². The average Bonchev–Trinajstić information content (AvgIpc) is 1.65. The molecule has 0 aromatic carbocycles. The van der Waals surface area contributed by atoms with Gasteiger partial charge in [0.05, 0.1) is 6.10 Å². The standard InChI is InChI=1S/C4H8N2O2/c1-3(2)8-4(7)6-5/h3,5H,1-2H3. The van der Waals surface area contributed by atoms with Crippen molar-refractivity contribution in [3.05, 3.63) is 0 Å². The third-order valence-corrected chi connectivity index (χ3v) is 0.428. The molecule has 0 aliphatic heterocycles. The fraction of sp³-hybridized carbons (Fsp3) is 0.750. The van der Waals surface area contributed by atoms with E-state index in [0.717, 1.165) is 0 Å². The Bertz CT molecular complexity index is 100. The minimum Gasteiger partial charge on any atom is -0.444 e. The van der Waals surface area contributed by atoms with Gasteiger partial charge in [-0.15, -0.1) is 0 Å². The van der Waals surface area contributed by atoms with Gasteiger partial charge in [-0.1, -0.05) is 5.11 Å². The highest BCUT2D eigenvalue weighted by molar-refractivity contribution is 5.67. The predicted molar refractivity (Wildman–Crippen MR) is 26.8 cm³/mol. The smallest absolute Gasteiger partial charge is 0.444 e. The van der Waals surface area contributed by atoms with E-state index in [1.165, 1.54) is 0 Å². The first kappa shape index (κ1) is 7.07. The summed E-state index contributed by atoms with van der Waals surface area (Å²) in [6, 6.07) is 0. The SMILES string of the molecule is CC(C)OC(=O)N=N. The molecule has 0 aliphatic rings. The van der Waals surface area contributed by atoms with Gasteiger partial charge in [0.15, 0.2) is 0 Å². The third kappa shape index (κ3) is 3.27. The molecule has 0 heterocycles. The summed E-state index contributed by atoms with van der Waals surface area (Å²) >= 11 is 0. The molecule has 0 rings (SSSR count). The van der Waals surface area contributed by atoms with Gasteiger partial charge in [0.25, 0.3) is 0 Å². The van der Waals surface area contributed by atoms with E-state index in [-0.39, 0.29) is 6.10 Å². The Labute approximate surface area is 47.3 Å². The van der Waals surface area contributed by atoms with E-state index >= 15 is 0 Å². The number of nitrogens with one attached hydrogen (secondary N) is 1. The first-order chi connectivity index (χ1) is 3.66. The van der Waals surface area contributed by atoms with Crippen LogP contribution in [-0.4, -0.2) is 12.2 Å². The third-order valence-electron chi connectivity index (χ3n) is 0.428. The van der Waals surface area contributed by atoms with Crippen molar-refractivity contribution in [2.24, 2.45) is 5.11 Å². The van der Waals surface area contributed by atoms with Crippen molar-refractivity contribution in [1.29, 1.82) is 5.53 Å². The fourth-order valence-corrected chi connectivity index (χ4v) is 0.228. The van der Waals surface area contributed by atoms with Crippen LogP contribution in [0, 0.1) is 5.53 Å². The Kier molecular flexibility index (Phi) is 2.76. The molecule has 0 fully saturated rings. The predicted octanol–water partition coefficient (Wildman–Crippen LogP) is 1.56. The van der Waals surface area contributed by atoms with Gasteiger partial charge in [0.2, 0.25) is 0 Å². The topological polar surface area (TPSA) is 62.5 Å². The number of rotatable bonds is 1. The first-order valence-electron chi connectivity index (χ1n) is 2.25. The van der Waals surface area contributed by atoms with Crippen molar-refractivity contribution in [3.8, 4) is 0 Å². The summed E-state index contributed by atoms with van der Waals surface area (Å²) in [5.41, 5.74) is 6.15. The molecule has 4 nitrogen and oxygen atoms in total. The first-order valence-corrected chi connectivity index (χ1v) is 2.25. The van der Waals surface area contributed by atoms with Crippen LogP contribution < -0.4 is 0 Å². The minimum absolute atomic E-state index is 0.184. The highest BCUT2D eigenvalue weighted by Crippen LogP contribution is 1.89. The van der Waals surface area contributed by atoms with Gasteiger partial charge in [0.1, 0.15) is 0 Å². The molecule has 8 heavy (non-hydrogen) atoms. The molecule has 0 aliphatic carbocycles. The lowest BCUT2D eigenvalue weighted by atomic mass is 10.5. The van der Waals surface area contributed by atoms with Gasteiger partial charge in [-0.3, -0.25) is 0 Å². The second kappa shape index (κ2) is 3.12. The molecule has 0 aromatic heterocycles. The minimum atomic E-state index is -0.833. The fourth-order valence-electron chi connectivity index (χ4n) is 0.228. The number of hydrogen-bond acceptors (Lipinski definition) is 3. The van der Waals surface area contributed by atoms with E-state index in [2.05, 4.69) is 9.85 Å². The normalized spacial score (nSPS) is 8.88. The van der Waals surface area contributed by atoms with Crippen LogP contribution in [0.5, 0.6) is 0 Å². The van der Waals surface area contributed by atoms with Crippen molar-refractivity contribution in [2.45, 2.75) is 20.0 Å². The molecule has 0 aromatic rings. The molecular formula is C4H8N2O2. The van der Waals surface area contributed by atoms with Gasteiger partial charge in [-0.05, 0) is 13.8 Å². The van der Waals surface area contributed by atoms with Crippen LogP contribution in [0.3, 0.4) is 0 Å².